The average Bonchev–Trinajstić information content (AvgIpc) is 2.64. The molecule has 2 N–H and O–H groups in total. The quantitative estimate of drug-likeness (QED) is 0.899. The Bertz CT molecular complexity index is 484. The molecule has 0 aliphatic rings. The highest BCUT2D eigenvalue weighted by Gasteiger charge is 2.11. The first kappa shape index (κ1) is 12.2. The standard InChI is InChI=1S/C11H10Br2N2S/c12-8-3-7(5-15-6-8)10(14)4-11-9(13)1-2-16-11/h1-3,5-6,10H,4,14H2. The Morgan fingerprint density at radius 2 is 2.19 bits per heavy atom. The minimum Gasteiger partial charge on any atom is -0.324 e. The first-order valence-electron chi connectivity index (χ1n) is 4.74. The van der Waals surface area contributed by atoms with Crippen LogP contribution in [0.5, 0.6) is 0 Å². The van der Waals surface area contributed by atoms with E-state index in [1.165, 1.54) is 4.88 Å². The molecular formula is C11H10Br2N2S. The van der Waals surface area contributed by atoms with Crippen molar-refractivity contribution in [2.75, 3.05) is 0 Å². The van der Waals surface area contributed by atoms with Gasteiger partial charge < -0.3 is 5.73 Å². The van der Waals surface area contributed by atoms with Gasteiger partial charge in [-0.05, 0) is 54.9 Å². The second-order valence-electron chi connectivity index (χ2n) is 3.44. The van der Waals surface area contributed by atoms with Crippen LogP contribution in [0.1, 0.15) is 16.5 Å². The van der Waals surface area contributed by atoms with E-state index in [1.54, 1.807) is 17.5 Å². The summed E-state index contributed by atoms with van der Waals surface area (Å²) in [5.41, 5.74) is 7.20. The van der Waals surface area contributed by atoms with E-state index in [4.69, 9.17) is 5.73 Å². The molecule has 0 spiro atoms. The molecule has 16 heavy (non-hydrogen) atoms. The maximum atomic E-state index is 6.15. The fraction of sp³-hybridized carbons (Fsp3) is 0.182. The lowest BCUT2D eigenvalue weighted by Gasteiger charge is -2.11. The Labute approximate surface area is 115 Å². The van der Waals surface area contributed by atoms with Crippen LogP contribution in [0.3, 0.4) is 0 Å². The third-order valence-electron chi connectivity index (χ3n) is 2.25. The van der Waals surface area contributed by atoms with Gasteiger partial charge in [0.05, 0.1) is 0 Å². The van der Waals surface area contributed by atoms with Crippen molar-refractivity contribution in [3.63, 3.8) is 0 Å². The topological polar surface area (TPSA) is 38.9 Å². The van der Waals surface area contributed by atoms with Gasteiger partial charge >= 0.3 is 0 Å². The summed E-state index contributed by atoms with van der Waals surface area (Å²) in [5, 5.41) is 2.06. The predicted octanol–water partition coefficient (Wildman–Crippen LogP) is 3.91. The van der Waals surface area contributed by atoms with Crippen LogP contribution in [0.2, 0.25) is 0 Å². The van der Waals surface area contributed by atoms with Crippen molar-refractivity contribution in [3.05, 3.63) is 49.3 Å². The zero-order valence-electron chi connectivity index (χ0n) is 8.36. The van der Waals surface area contributed by atoms with Gasteiger partial charge in [0.15, 0.2) is 0 Å². The van der Waals surface area contributed by atoms with Gasteiger partial charge in [0, 0.05) is 38.7 Å². The van der Waals surface area contributed by atoms with E-state index < -0.39 is 0 Å². The van der Waals surface area contributed by atoms with Gasteiger partial charge in [0.2, 0.25) is 0 Å². The molecule has 1 unspecified atom stereocenters. The van der Waals surface area contributed by atoms with Crippen molar-refractivity contribution in [1.82, 2.24) is 4.98 Å². The van der Waals surface area contributed by atoms with E-state index in [2.05, 4.69) is 42.2 Å². The molecule has 0 aliphatic heterocycles. The van der Waals surface area contributed by atoms with Crippen LogP contribution in [0.25, 0.3) is 0 Å². The van der Waals surface area contributed by atoms with E-state index in [1.807, 2.05) is 18.3 Å². The fourth-order valence-corrected chi connectivity index (χ4v) is 3.38. The van der Waals surface area contributed by atoms with E-state index >= 15 is 0 Å². The van der Waals surface area contributed by atoms with Crippen LogP contribution in [-0.4, -0.2) is 4.98 Å². The second-order valence-corrected chi connectivity index (χ2v) is 6.21. The smallest absolute Gasteiger partial charge is 0.0410 e. The molecule has 0 radical (unpaired) electrons. The molecule has 2 nitrogen and oxygen atoms in total. The second kappa shape index (κ2) is 5.40. The molecule has 0 saturated heterocycles. The first-order valence-corrected chi connectivity index (χ1v) is 7.21. The summed E-state index contributed by atoms with van der Waals surface area (Å²) in [6.07, 6.45) is 4.41. The van der Waals surface area contributed by atoms with Crippen molar-refractivity contribution in [2.45, 2.75) is 12.5 Å². The van der Waals surface area contributed by atoms with Crippen molar-refractivity contribution < 1.29 is 0 Å². The molecule has 2 aromatic heterocycles. The molecule has 0 aromatic carbocycles. The van der Waals surface area contributed by atoms with Gasteiger partial charge in [-0.25, -0.2) is 0 Å². The minimum absolute atomic E-state index is 0.0139. The number of nitrogens with two attached hydrogens (primary N) is 1. The van der Waals surface area contributed by atoms with Gasteiger partial charge in [0.25, 0.3) is 0 Å². The minimum atomic E-state index is -0.0139. The number of rotatable bonds is 3. The van der Waals surface area contributed by atoms with Crippen LogP contribution < -0.4 is 5.73 Å². The number of pyridine rings is 1. The van der Waals surface area contributed by atoms with Crippen molar-refractivity contribution in [1.29, 1.82) is 0 Å². The average molecular weight is 362 g/mol. The third kappa shape index (κ3) is 2.91. The van der Waals surface area contributed by atoms with Gasteiger partial charge in [0.1, 0.15) is 0 Å². The third-order valence-corrected chi connectivity index (χ3v) is 4.63. The Morgan fingerprint density at radius 3 is 2.81 bits per heavy atom. The highest BCUT2D eigenvalue weighted by molar-refractivity contribution is 9.10. The normalized spacial score (nSPS) is 12.7. The monoisotopic (exact) mass is 360 g/mol. The molecule has 2 aromatic rings. The Hall–Kier alpha value is -0.230. The summed E-state index contributed by atoms with van der Waals surface area (Å²) in [6.45, 7) is 0. The van der Waals surface area contributed by atoms with Crippen LogP contribution in [-0.2, 0) is 6.42 Å². The molecule has 0 fully saturated rings. The number of aromatic nitrogens is 1. The highest BCUT2D eigenvalue weighted by atomic mass is 79.9. The molecular weight excluding hydrogens is 352 g/mol. The molecule has 1 atom stereocenters. The zero-order chi connectivity index (χ0) is 11.5. The summed E-state index contributed by atoms with van der Waals surface area (Å²) in [7, 11) is 0. The number of nitrogens with zero attached hydrogens (tertiary/aromatic N) is 1. The van der Waals surface area contributed by atoms with E-state index in [0.717, 1.165) is 20.9 Å². The van der Waals surface area contributed by atoms with Crippen molar-refractivity contribution in [3.8, 4) is 0 Å². The SMILES string of the molecule is NC(Cc1sccc1Br)c1cncc(Br)c1. The maximum Gasteiger partial charge on any atom is 0.0410 e. The molecule has 84 valence electrons. The lowest BCUT2D eigenvalue weighted by molar-refractivity contribution is 0.724. The number of hydrogen-bond acceptors (Lipinski definition) is 3. The van der Waals surface area contributed by atoms with Gasteiger partial charge in [-0.2, -0.15) is 0 Å². The summed E-state index contributed by atoms with van der Waals surface area (Å²) in [5.74, 6) is 0. The Kier molecular flexibility index (Phi) is 4.13. The summed E-state index contributed by atoms with van der Waals surface area (Å²) in [4.78, 5) is 5.39. The molecule has 0 aliphatic carbocycles. The molecule has 5 heteroatoms. The predicted molar refractivity (Wildman–Crippen MR) is 74.6 cm³/mol. The van der Waals surface area contributed by atoms with E-state index in [9.17, 15) is 0 Å². The largest absolute Gasteiger partial charge is 0.324 e. The van der Waals surface area contributed by atoms with Gasteiger partial charge in [-0.1, -0.05) is 0 Å². The Morgan fingerprint density at radius 1 is 1.38 bits per heavy atom. The number of hydrogen-bond donors (Lipinski definition) is 1. The first-order chi connectivity index (χ1) is 7.66. The van der Waals surface area contributed by atoms with Crippen LogP contribution in [0.4, 0.5) is 0 Å². The molecule has 2 heterocycles. The van der Waals surface area contributed by atoms with Gasteiger partial charge in [-0.3, -0.25) is 4.98 Å². The fourth-order valence-electron chi connectivity index (χ4n) is 1.42. The molecule has 0 bridgehead atoms. The summed E-state index contributed by atoms with van der Waals surface area (Å²) in [6, 6.07) is 4.05. The van der Waals surface area contributed by atoms with E-state index in [-0.39, 0.29) is 6.04 Å². The van der Waals surface area contributed by atoms with Crippen LogP contribution in [0, 0.1) is 0 Å². The maximum absolute atomic E-state index is 6.15. The van der Waals surface area contributed by atoms with Gasteiger partial charge in [-0.15, -0.1) is 11.3 Å². The molecule has 2 rings (SSSR count). The van der Waals surface area contributed by atoms with Crippen LogP contribution in [0.15, 0.2) is 38.9 Å². The number of thiophene rings is 1. The summed E-state index contributed by atoms with van der Waals surface area (Å²) >= 11 is 8.63. The zero-order valence-corrected chi connectivity index (χ0v) is 12.3. The summed E-state index contributed by atoms with van der Waals surface area (Å²) < 4.78 is 2.10. The molecule has 0 saturated carbocycles. The lowest BCUT2D eigenvalue weighted by atomic mass is 10.1. The highest BCUT2D eigenvalue weighted by Crippen LogP contribution is 2.27. The van der Waals surface area contributed by atoms with Crippen LogP contribution >= 0.6 is 43.2 Å². The van der Waals surface area contributed by atoms with Crippen molar-refractivity contribution in [2.24, 2.45) is 5.73 Å². The number of halogens is 2. The molecule has 0 amide bonds. The van der Waals surface area contributed by atoms with E-state index in [0.29, 0.717) is 0 Å². The lowest BCUT2D eigenvalue weighted by Crippen LogP contribution is -2.13. The Balaban J connectivity index is 2.14. The van der Waals surface area contributed by atoms with Crippen molar-refractivity contribution >= 4 is 43.2 Å².